The number of carboxylic acid groups (broad SMARTS) is 1. The van der Waals surface area contributed by atoms with Gasteiger partial charge in [0.25, 0.3) is 0 Å². The molecule has 0 aromatic rings. The largest absolute Gasteiger partial charge is 0.481 e. The van der Waals surface area contributed by atoms with Crippen molar-refractivity contribution in [1.29, 1.82) is 0 Å². The van der Waals surface area contributed by atoms with E-state index in [0.29, 0.717) is 0 Å². The van der Waals surface area contributed by atoms with Gasteiger partial charge in [0.1, 0.15) is 0 Å². The van der Waals surface area contributed by atoms with Crippen LogP contribution in [-0.2, 0) is 20.3 Å². The number of carbonyl (C=O) groups is 1. The molecule has 3 atom stereocenters. The lowest BCUT2D eigenvalue weighted by Gasteiger charge is -2.27. The standard InChI is InChI=1S/C10H18O4S/c1-14-8-3-2-4-9(7-8)15(13)6-5-10(11)12/h8-9H,2-7H2,1H3,(H,11,12). The molecule has 0 aliphatic heterocycles. The van der Waals surface area contributed by atoms with Gasteiger partial charge >= 0.3 is 5.97 Å². The molecule has 0 spiro atoms. The zero-order valence-corrected chi connectivity index (χ0v) is 9.79. The van der Waals surface area contributed by atoms with Gasteiger partial charge in [-0.25, -0.2) is 0 Å². The molecule has 15 heavy (non-hydrogen) atoms. The van der Waals surface area contributed by atoms with Gasteiger partial charge in [0.05, 0.1) is 12.5 Å². The highest BCUT2D eigenvalue weighted by Crippen LogP contribution is 2.24. The minimum absolute atomic E-state index is 0.000754. The Morgan fingerprint density at radius 1 is 1.53 bits per heavy atom. The van der Waals surface area contributed by atoms with Gasteiger partial charge in [-0.2, -0.15) is 0 Å². The third kappa shape index (κ3) is 4.30. The monoisotopic (exact) mass is 234 g/mol. The summed E-state index contributed by atoms with van der Waals surface area (Å²) in [6.45, 7) is 0. The van der Waals surface area contributed by atoms with Crippen LogP contribution in [0.3, 0.4) is 0 Å². The van der Waals surface area contributed by atoms with Crippen LogP contribution in [0.15, 0.2) is 0 Å². The van der Waals surface area contributed by atoms with E-state index in [-0.39, 0.29) is 23.5 Å². The van der Waals surface area contributed by atoms with Crippen molar-refractivity contribution in [2.75, 3.05) is 12.9 Å². The van der Waals surface area contributed by atoms with Crippen LogP contribution >= 0.6 is 0 Å². The minimum Gasteiger partial charge on any atom is -0.481 e. The highest BCUT2D eigenvalue weighted by atomic mass is 32.2. The Morgan fingerprint density at radius 3 is 2.87 bits per heavy atom. The molecule has 0 aromatic carbocycles. The molecule has 3 unspecified atom stereocenters. The van der Waals surface area contributed by atoms with E-state index in [9.17, 15) is 9.00 Å². The van der Waals surface area contributed by atoms with Crippen LogP contribution in [0.25, 0.3) is 0 Å². The molecule has 0 aromatic heterocycles. The Balaban J connectivity index is 2.35. The number of carboxylic acids is 1. The maximum absolute atomic E-state index is 11.8. The average Bonchev–Trinajstić information content (AvgIpc) is 2.26. The lowest BCUT2D eigenvalue weighted by atomic mass is 9.97. The van der Waals surface area contributed by atoms with E-state index >= 15 is 0 Å². The second-order valence-corrected chi connectivity index (χ2v) is 5.71. The average molecular weight is 234 g/mol. The van der Waals surface area contributed by atoms with E-state index in [4.69, 9.17) is 9.84 Å². The fraction of sp³-hybridized carbons (Fsp3) is 0.900. The fourth-order valence-electron chi connectivity index (χ4n) is 1.91. The zero-order chi connectivity index (χ0) is 11.3. The summed E-state index contributed by atoms with van der Waals surface area (Å²) in [4.78, 5) is 10.3. The van der Waals surface area contributed by atoms with Crippen LogP contribution in [0.4, 0.5) is 0 Å². The molecule has 1 rings (SSSR count). The Labute approximate surface area is 92.5 Å². The lowest BCUT2D eigenvalue weighted by Crippen LogP contribution is -2.30. The SMILES string of the molecule is COC1CCCC(S(=O)CCC(=O)O)C1. The quantitative estimate of drug-likeness (QED) is 0.775. The predicted molar refractivity (Wildman–Crippen MR) is 58.3 cm³/mol. The highest BCUT2D eigenvalue weighted by molar-refractivity contribution is 7.85. The second kappa shape index (κ2) is 6.23. The van der Waals surface area contributed by atoms with Gasteiger partial charge in [0.2, 0.25) is 0 Å². The first-order valence-corrected chi connectivity index (χ1v) is 6.63. The third-order valence-electron chi connectivity index (χ3n) is 2.80. The van der Waals surface area contributed by atoms with Gasteiger partial charge in [-0.15, -0.1) is 0 Å². The van der Waals surface area contributed by atoms with Crippen molar-refractivity contribution in [3.05, 3.63) is 0 Å². The summed E-state index contributed by atoms with van der Waals surface area (Å²) >= 11 is 0. The lowest BCUT2D eigenvalue weighted by molar-refractivity contribution is -0.136. The molecule has 1 saturated carbocycles. The minimum atomic E-state index is -1.01. The molecule has 4 nitrogen and oxygen atoms in total. The highest BCUT2D eigenvalue weighted by Gasteiger charge is 2.26. The van der Waals surface area contributed by atoms with E-state index in [0.717, 1.165) is 25.7 Å². The number of ether oxygens (including phenoxy) is 1. The normalized spacial score (nSPS) is 28.6. The van der Waals surface area contributed by atoms with Crippen LogP contribution in [0.1, 0.15) is 32.1 Å². The summed E-state index contributed by atoms with van der Waals surface area (Å²) in [6, 6.07) is 0. The molecular weight excluding hydrogens is 216 g/mol. The van der Waals surface area contributed by atoms with E-state index in [2.05, 4.69) is 0 Å². The van der Waals surface area contributed by atoms with Crippen LogP contribution in [0.5, 0.6) is 0 Å². The Bertz CT molecular complexity index is 242. The van der Waals surface area contributed by atoms with Crippen molar-refractivity contribution in [2.24, 2.45) is 0 Å². The number of hydrogen-bond acceptors (Lipinski definition) is 3. The van der Waals surface area contributed by atoms with Gasteiger partial charge < -0.3 is 9.84 Å². The molecule has 0 bridgehead atoms. The van der Waals surface area contributed by atoms with Crippen molar-refractivity contribution < 1.29 is 18.8 Å². The summed E-state index contributed by atoms with van der Waals surface area (Å²) in [5.41, 5.74) is 0. The second-order valence-electron chi connectivity index (χ2n) is 3.87. The summed E-state index contributed by atoms with van der Waals surface area (Å²) in [5, 5.41) is 8.63. The van der Waals surface area contributed by atoms with Crippen molar-refractivity contribution in [3.8, 4) is 0 Å². The molecule has 88 valence electrons. The molecular formula is C10H18O4S. The molecule has 0 saturated heterocycles. The number of rotatable bonds is 5. The first-order chi connectivity index (χ1) is 7.13. The fourth-order valence-corrected chi connectivity index (χ4v) is 3.48. The number of aliphatic carboxylic acids is 1. The smallest absolute Gasteiger partial charge is 0.304 e. The third-order valence-corrected chi connectivity index (χ3v) is 4.58. The maximum Gasteiger partial charge on any atom is 0.304 e. The van der Waals surface area contributed by atoms with Crippen LogP contribution < -0.4 is 0 Å². The molecule has 1 N–H and O–H groups in total. The van der Waals surface area contributed by atoms with Gasteiger partial charge in [-0.05, 0) is 25.7 Å². The predicted octanol–water partition coefficient (Wildman–Crippen LogP) is 1.17. The molecule has 1 aliphatic carbocycles. The van der Waals surface area contributed by atoms with Gasteiger partial charge in [0.15, 0.2) is 0 Å². The van der Waals surface area contributed by atoms with Crippen molar-refractivity contribution in [1.82, 2.24) is 0 Å². The zero-order valence-electron chi connectivity index (χ0n) is 8.98. The topological polar surface area (TPSA) is 63.6 Å². The van der Waals surface area contributed by atoms with E-state index in [1.807, 2.05) is 0 Å². The van der Waals surface area contributed by atoms with Gasteiger partial charge in [-0.3, -0.25) is 9.00 Å². The van der Waals surface area contributed by atoms with Crippen molar-refractivity contribution in [3.63, 3.8) is 0 Å². The van der Waals surface area contributed by atoms with Crippen LogP contribution in [-0.4, -0.2) is 39.5 Å². The first-order valence-electron chi connectivity index (χ1n) is 5.25. The summed E-state index contributed by atoms with van der Waals surface area (Å²) in [7, 11) is 0.664. The Kier molecular flexibility index (Phi) is 5.25. The number of methoxy groups -OCH3 is 1. The van der Waals surface area contributed by atoms with Crippen LogP contribution in [0.2, 0.25) is 0 Å². The van der Waals surface area contributed by atoms with Crippen molar-refractivity contribution >= 4 is 16.8 Å². The molecule has 1 fully saturated rings. The summed E-state index contributed by atoms with van der Waals surface area (Å²) in [6.07, 6.45) is 4.01. The molecule has 5 heteroatoms. The maximum atomic E-state index is 11.8. The van der Waals surface area contributed by atoms with E-state index in [1.54, 1.807) is 7.11 Å². The van der Waals surface area contributed by atoms with Gasteiger partial charge in [-0.1, -0.05) is 0 Å². The molecule has 0 heterocycles. The number of hydrogen-bond donors (Lipinski definition) is 1. The van der Waals surface area contributed by atoms with E-state index < -0.39 is 16.8 Å². The molecule has 1 aliphatic rings. The Morgan fingerprint density at radius 2 is 2.27 bits per heavy atom. The van der Waals surface area contributed by atoms with Crippen molar-refractivity contribution in [2.45, 2.75) is 43.5 Å². The summed E-state index contributed by atoms with van der Waals surface area (Å²) < 4.78 is 17.0. The van der Waals surface area contributed by atoms with E-state index in [1.165, 1.54) is 0 Å². The Hall–Kier alpha value is -0.420. The summed E-state index contributed by atoms with van der Waals surface area (Å²) in [5.74, 6) is -0.598. The van der Waals surface area contributed by atoms with Crippen LogP contribution in [0, 0.1) is 0 Å². The first kappa shape index (κ1) is 12.6. The van der Waals surface area contributed by atoms with Gasteiger partial charge in [0, 0.05) is 28.9 Å². The molecule has 0 radical (unpaired) electrons. The molecule has 0 amide bonds.